The van der Waals surface area contributed by atoms with Crippen molar-refractivity contribution in [2.24, 2.45) is 7.05 Å². The fourth-order valence-corrected chi connectivity index (χ4v) is 3.27. The molecule has 2 heterocycles. The van der Waals surface area contributed by atoms with E-state index in [2.05, 4.69) is 10.3 Å². The van der Waals surface area contributed by atoms with E-state index in [9.17, 15) is 9.18 Å². The van der Waals surface area contributed by atoms with Crippen LogP contribution in [0.25, 0.3) is 22.0 Å². The number of fused-ring (bicyclic) bond motifs is 1. The number of pyridine rings is 2. The van der Waals surface area contributed by atoms with Crippen molar-refractivity contribution in [2.45, 2.75) is 6.92 Å². The van der Waals surface area contributed by atoms with Gasteiger partial charge < -0.3 is 15.6 Å². The fraction of sp³-hybridized carbons (Fsp3) is 0.0909. The molecule has 0 fully saturated rings. The third-order valence-corrected chi connectivity index (χ3v) is 4.79. The number of nitrogen functional groups attached to an aromatic ring is 1. The molecular weight excluding hydrogens is 355 g/mol. The van der Waals surface area contributed by atoms with Crippen LogP contribution in [-0.4, -0.2) is 9.55 Å². The molecule has 28 heavy (non-hydrogen) atoms. The summed E-state index contributed by atoms with van der Waals surface area (Å²) in [5.74, 6) is 0.154. The molecule has 2 aromatic carbocycles. The predicted octanol–water partition coefficient (Wildman–Crippen LogP) is 4.37. The average Bonchev–Trinajstić information content (AvgIpc) is 2.69. The summed E-state index contributed by atoms with van der Waals surface area (Å²) in [6, 6.07) is 16.1. The third kappa shape index (κ3) is 3.09. The lowest BCUT2D eigenvalue weighted by Gasteiger charge is -2.13. The second-order valence-electron chi connectivity index (χ2n) is 6.73. The highest BCUT2D eigenvalue weighted by Gasteiger charge is 2.14. The van der Waals surface area contributed by atoms with E-state index >= 15 is 0 Å². The van der Waals surface area contributed by atoms with E-state index in [1.807, 2.05) is 36.4 Å². The van der Waals surface area contributed by atoms with Crippen molar-refractivity contribution in [1.29, 1.82) is 0 Å². The van der Waals surface area contributed by atoms with Crippen LogP contribution in [0.2, 0.25) is 0 Å². The highest BCUT2D eigenvalue weighted by Crippen LogP contribution is 2.28. The first-order valence-electron chi connectivity index (χ1n) is 8.82. The minimum absolute atomic E-state index is 0.0169. The Hall–Kier alpha value is -3.67. The van der Waals surface area contributed by atoms with Gasteiger partial charge in [0.25, 0.3) is 5.56 Å². The van der Waals surface area contributed by atoms with Crippen molar-refractivity contribution in [3.05, 3.63) is 82.5 Å². The van der Waals surface area contributed by atoms with Crippen LogP contribution >= 0.6 is 0 Å². The molecule has 0 aliphatic rings. The van der Waals surface area contributed by atoms with E-state index in [4.69, 9.17) is 5.73 Å². The fourth-order valence-electron chi connectivity index (χ4n) is 3.27. The molecule has 2 aromatic heterocycles. The van der Waals surface area contributed by atoms with Crippen molar-refractivity contribution >= 4 is 28.1 Å². The van der Waals surface area contributed by atoms with E-state index < -0.39 is 5.82 Å². The van der Waals surface area contributed by atoms with Crippen LogP contribution in [0.5, 0.6) is 0 Å². The Labute approximate surface area is 161 Å². The van der Waals surface area contributed by atoms with E-state index in [0.717, 1.165) is 16.6 Å². The number of nitrogens with two attached hydrogens (primary N) is 1. The third-order valence-electron chi connectivity index (χ3n) is 4.79. The number of halogens is 1. The maximum atomic E-state index is 13.7. The SMILES string of the molecule is Cc1cc(F)c(N)cc1-c1cc2cnc(Nc3ccccc3)cc2n(C)c1=O. The summed E-state index contributed by atoms with van der Waals surface area (Å²) in [5.41, 5.74) is 8.94. The van der Waals surface area contributed by atoms with Gasteiger partial charge in [-0.3, -0.25) is 4.79 Å². The predicted molar refractivity (Wildman–Crippen MR) is 111 cm³/mol. The monoisotopic (exact) mass is 374 g/mol. The number of aryl methyl sites for hydroxylation is 2. The molecule has 0 unspecified atom stereocenters. The Morgan fingerprint density at radius 3 is 2.57 bits per heavy atom. The molecule has 0 spiro atoms. The summed E-state index contributed by atoms with van der Waals surface area (Å²) in [4.78, 5) is 17.4. The molecular formula is C22H19FN4O. The molecule has 0 amide bonds. The Kier molecular flexibility index (Phi) is 4.31. The highest BCUT2D eigenvalue weighted by atomic mass is 19.1. The number of benzene rings is 2. The molecule has 4 aromatic rings. The number of nitrogens with one attached hydrogen (secondary N) is 1. The van der Waals surface area contributed by atoms with Crippen LogP contribution in [0.3, 0.4) is 0 Å². The molecule has 0 atom stereocenters. The molecule has 140 valence electrons. The van der Waals surface area contributed by atoms with Gasteiger partial charge in [0.05, 0.1) is 11.2 Å². The second kappa shape index (κ2) is 6.81. The number of rotatable bonds is 3. The number of hydrogen-bond acceptors (Lipinski definition) is 4. The summed E-state index contributed by atoms with van der Waals surface area (Å²) >= 11 is 0. The lowest BCUT2D eigenvalue weighted by atomic mass is 9.99. The number of anilines is 3. The molecule has 0 aliphatic carbocycles. The van der Waals surface area contributed by atoms with Crippen LogP contribution in [0.15, 0.2) is 65.6 Å². The van der Waals surface area contributed by atoms with Crippen LogP contribution in [0.1, 0.15) is 5.56 Å². The van der Waals surface area contributed by atoms with Gasteiger partial charge in [0.2, 0.25) is 0 Å². The van der Waals surface area contributed by atoms with E-state index in [1.54, 1.807) is 30.8 Å². The van der Waals surface area contributed by atoms with Crippen LogP contribution in [0.4, 0.5) is 21.6 Å². The Balaban J connectivity index is 1.84. The molecule has 6 heteroatoms. The van der Waals surface area contributed by atoms with Crippen LogP contribution in [-0.2, 0) is 7.05 Å². The smallest absolute Gasteiger partial charge is 0.258 e. The number of nitrogens with zero attached hydrogens (tertiary/aromatic N) is 2. The maximum absolute atomic E-state index is 13.7. The van der Waals surface area contributed by atoms with Crippen LogP contribution in [0, 0.1) is 12.7 Å². The van der Waals surface area contributed by atoms with Gasteiger partial charge in [0, 0.05) is 35.9 Å². The maximum Gasteiger partial charge on any atom is 0.258 e. The van der Waals surface area contributed by atoms with Gasteiger partial charge in [-0.15, -0.1) is 0 Å². The summed E-state index contributed by atoms with van der Waals surface area (Å²) in [6.45, 7) is 1.76. The normalized spacial score (nSPS) is 11.0. The van der Waals surface area contributed by atoms with Crippen molar-refractivity contribution in [3.8, 4) is 11.1 Å². The molecule has 5 nitrogen and oxygen atoms in total. The van der Waals surface area contributed by atoms with Gasteiger partial charge >= 0.3 is 0 Å². The van der Waals surface area contributed by atoms with Crippen molar-refractivity contribution < 1.29 is 4.39 Å². The zero-order valence-corrected chi connectivity index (χ0v) is 15.5. The van der Waals surface area contributed by atoms with Gasteiger partial charge in [-0.1, -0.05) is 18.2 Å². The van der Waals surface area contributed by atoms with Gasteiger partial charge in [-0.25, -0.2) is 9.37 Å². The van der Waals surface area contributed by atoms with Crippen molar-refractivity contribution in [1.82, 2.24) is 9.55 Å². The minimum Gasteiger partial charge on any atom is -0.396 e. The van der Waals surface area contributed by atoms with Gasteiger partial charge in [0.1, 0.15) is 11.6 Å². The van der Waals surface area contributed by atoms with Crippen molar-refractivity contribution in [3.63, 3.8) is 0 Å². The summed E-state index contributed by atoms with van der Waals surface area (Å²) in [5, 5.41) is 4.03. The Morgan fingerprint density at radius 2 is 1.82 bits per heavy atom. The number of para-hydroxylation sites is 1. The van der Waals surface area contributed by atoms with Gasteiger partial charge in [0.15, 0.2) is 0 Å². The number of hydrogen-bond donors (Lipinski definition) is 2. The quantitative estimate of drug-likeness (QED) is 0.522. The second-order valence-corrected chi connectivity index (χ2v) is 6.73. The topological polar surface area (TPSA) is 72.9 Å². The van der Waals surface area contributed by atoms with E-state index in [-0.39, 0.29) is 11.2 Å². The standard InChI is InChI=1S/C22H19FN4O/c1-13-8-18(23)19(24)10-16(13)17-9-14-12-25-21(11-20(14)27(2)22(17)28)26-15-6-4-3-5-7-15/h3-12H,24H2,1-2H3,(H,25,26). The van der Waals surface area contributed by atoms with Gasteiger partial charge in [-0.2, -0.15) is 0 Å². The molecule has 0 radical (unpaired) electrons. The van der Waals surface area contributed by atoms with Gasteiger partial charge in [-0.05, 0) is 48.4 Å². The minimum atomic E-state index is -0.489. The molecule has 0 saturated carbocycles. The average molecular weight is 374 g/mol. The number of aromatic nitrogens is 2. The summed E-state index contributed by atoms with van der Waals surface area (Å²) in [6.07, 6.45) is 1.71. The van der Waals surface area contributed by atoms with Crippen LogP contribution < -0.4 is 16.6 Å². The molecule has 0 bridgehead atoms. The first-order valence-corrected chi connectivity index (χ1v) is 8.82. The van der Waals surface area contributed by atoms with E-state index in [1.165, 1.54) is 12.1 Å². The zero-order chi connectivity index (χ0) is 19.8. The largest absolute Gasteiger partial charge is 0.396 e. The van der Waals surface area contributed by atoms with Crippen molar-refractivity contribution in [2.75, 3.05) is 11.1 Å². The van der Waals surface area contributed by atoms with E-state index in [0.29, 0.717) is 22.5 Å². The first-order chi connectivity index (χ1) is 13.4. The molecule has 0 aliphatic heterocycles. The molecule has 4 rings (SSSR count). The Bertz CT molecular complexity index is 1250. The summed E-state index contributed by atoms with van der Waals surface area (Å²) in [7, 11) is 1.71. The first kappa shape index (κ1) is 17.7. The molecule has 3 N–H and O–H groups in total. The highest BCUT2D eigenvalue weighted by molar-refractivity contribution is 5.86. The summed E-state index contributed by atoms with van der Waals surface area (Å²) < 4.78 is 15.3. The molecule has 0 saturated heterocycles. The lowest BCUT2D eigenvalue weighted by molar-refractivity contribution is 0.631. The lowest BCUT2D eigenvalue weighted by Crippen LogP contribution is -2.19. The zero-order valence-electron chi connectivity index (χ0n) is 15.5. The Morgan fingerprint density at radius 1 is 1.07 bits per heavy atom.